The van der Waals surface area contributed by atoms with Crippen LogP contribution in [0.5, 0.6) is 5.88 Å². The van der Waals surface area contributed by atoms with Crippen molar-refractivity contribution in [1.29, 1.82) is 0 Å². The molecule has 0 unspecified atom stereocenters. The van der Waals surface area contributed by atoms with E-state index in [1.54, 1.807) is 0 Å². The lowest BCUT2D eigenvalue weighted by Crippen LogP contribution is -2.15. The first-order valence-corrected chi connectivity index (χ1v) is 6.12. The Morgan fingerprint density at radius 1 is 1.56 bits per heavy atom. The van der Waals surface area contributed by atoms with Crippen LogP contribution in [0.1, 0.15) is 10.7 Å². The second-order valence-corrected chi connectivity index (χ2v) is 4.59. The molecule has 94 valence electrons. The number of hydrogen-bond donors (Lipinski definition) is 1. The van der Waals surface area contributed by atoms with E-state index in [4.69, 9.17) is 4.74 Å². The highest BCUT2D eigenvalue weighted by Gasteiger charge is 2.10. The highest BCUT2D eigenvalue weighted by Crippen LogP contribution is 2.18. The molecule has 1 amide bonds. The SMILES string of the molecule is COc1ncncc1NC(=O)Cc1csc(C)n1. The standard InChI is InChI=1S/C11H12N4O2S/c1-7-14-8(5-18-7)3-10(16)15-9-4-12-6-13-11(9)17-2/h4-6H,3H2,1-2H3,(H,15,16). The fourth-order valence-electron chi connectivity index (χ4n) is 1.42. The lowest BCUT2D eigenvalue weighted by Gasteiger charge is -2.07. The van der Waals surface area contributed by atoms with Crippen LogP contribution in [0.25, 0.3) is 0 Å². The molecule has 2 rings (SSSR count). The van der Waals surface area contributed by atoms with E-state index in [2.05, 4.69) is 20.3 Å². The third-order valence-electron chi connectivity index (χ3n) is 2.15. The number of anilines is 1. The van der Waals surface area contributed by atoms with Crippen molar-refractivity contribution >= 4 is 22.9 Å². The Balaban J connectivity index is 2.03. The van der Waals surface area contributed by atoms with Gasteiger partial charge in [0, 0.05) is 5.38 Å². The first-order valence-electron chi connectivity index (χ1n) is 5.24. The minimum absolute atomic E-state index is 0.173. The van der Waals surface area contributed by atoms with Gasteiger partial charge in [0.05, 0.1) is 30.4 Å². The number of nitrogens with zero attached hydrogens (tertiary/aromatic N) is 3. The summed E-state index contributed by atoms with van der Waals surface area (Å²) in [5.74, 6) is 0.168. The maximum Gasteiger partial charge on any atom is 0.240 e. The molecule has 2 aromatic heterocycles. The van der Waals surface area contributed by atoms with Gasteiger partial charge < -0.3 is 10.1 Å². The molecule has 2 heterocycles. The van der Waals surface area contributed by atoms with Crippen molar-refractivity contribution in [1.82, 2.24) is 15.0 Å². The molecule has 0 bridgehead atoms. The van der Waals surface area contributed by atoms with Gasteiger partial charge in [-0.3, -0.25) is 4.79 Å². The minimum atomic E-state index is -0.173. The first kappa shape index (κ1) is 12.4. The highest BCUT2D eigenvalue weighted by atomic mass is 32.1. The van der Waals surface area contributed by atoms with Crippen LogP contribution in [-0.4, -0.2) is 28.0 Å². The molecule has 2 aromatic rings. The Hall–Kier alpha value is -2.02. The number of methoxy groups -OCH3 is 1. The predicted octanol–water partition coefficient (Wildman–Crippen LogP) is 1.43. The molecule has 0 atom stereocenters. The summed E-state index contributed by atoms with van der Waals surface area (Å²) in [5, 5.41) is 5.51. The van der Waals surface area contributed by atoms with Crippen molar-refractivity contribution in [3.05, 3.63) is 28.6 Å². The Morgan fingerprint density at radius 3 is 3.06 bits per heavy atom. The molecule has 0 fully saturated rings. The average molecular weight is 264 g/mol. The number of thiazole rings is 1. The average Bonchev–Trinajstić information content (AvgIpc) is 2.75. The lowest BCUT2D eigenvalue weighted by molar-refractivity contribution is -0.115. The van der Waals surface area contributed by atoms with Crippen molar-refractivity contribution in [2.24, 2.45) is 0 Å². The van der Waals surface area contributed by atoms with E-state index >= 15 is 0 Å². The molecule has 18 heavy (non-hydrogen) atoms. The van der Waals surface area contributed by atoms with Gasteiger partial charge in [-0.05, 0) is 6.92 Å². The minimum Gasteiger partial charge on any atom is -0.479 e. The summed E-state index contributed by atoms with van der Waals surface area (Å²) in [4.78, 5) is 23.8. The Morgan fingerprint density at radius 2 is 2.39 bits per heavy atom. The third kappa shape index (κ3) is 3.01. The molecule has 0 aliphatic heterocycles. The number of ether oxygens (including phenoxy) is 1. The number of hydrogen-bond acceptors (Lipinski definition) is 6. The van der Waals surface area contributed by atoms with Crippen LogP contribution in [-0.2, 0) is 11.2 Å². The van der Waals surface area contributed by atoms with E-state index in [-0.39, 0.29) is 12.3 Å². The molecular weight excluding hydrogens is 252 g/mol. The zero-order chi connectivity index (χ0) is 13.0. The first-order chi connectivity index (χ1) is 8.69. The number of nitrogens with one attached hydrogen (secondary N) is 1. The largest absolute Gasteiger partial charge is 0.479 e. The van der Waals surface area contributed by atoms with Gasteiger partial charge in [-0.1, -0.05) is 0 Å². The second kappa shape index (κ2) is 5.54. The Bertz CT molecular complexity index is 555. The molecule has 0 saturated carbocycles. The van der Waals surface area contributed by atoms with Gasteiger partial charge in [0.25, 0.3) is 0 Å². The number of amides is 1. The summed E-state index contributed by atoms with van der Waals surface area (Å²) in [6.07, 6.45) is 3.08. The van der Waals surface area contributed by atoms with Gasteiger partial charge in [-0.25, -0.2) is 9.97 Å². The zero-order valence-electron chi connectivity index (χ0n) is 10.0. The van der Waals surface area contributed by atoms with E-state index in [0.29, 0.717) is 11.6 Å². The van der Waals surface area contributed by atoms with Crippen molar-refractivity contribution in [3.63, 3.8) is 0 Å². The smallest absolute Gasteiger partial charge is 0.240 e. The van der Waals surface area contributed by atoms with Crippen LogP contribution in [0.2, 0.25) is 0 Å². The fraction of sp³-hybridized carbons (Fsp3) is 0.273. The molecule has 0 radical (unpaired) electrons. The summed E-state index contributed by atoms with van der Waals surface area (Å²) in [6, 6.07) is 0. The number of aryl methyl sites for hydroxylation is 1. The van der Waals surface area contributed by atoms with Crippen LogP contribution in [0.4, 0.5) is 5.69 Å². The Labute approximate surface area is 108 Å². The topological polar surface area (TPSA) is 77.0 Å². The van der Waals surface area contributed by atoms with Gasteiger partial charge in [0.15, 0.2) is 0 Å². The van der Waals surface area contributed by atoms with Gasteiger partial charge in [0.1, 0.15) is 12.0 Å². The van der Waals surface area contributed by atoms with Crippen LogP contribution in [0, 0.1) is 6.92 Å². The molecule has 6 nitrogen and oxygen atoms in total. The molecule has 0 aliphatic rings. The summed E-state index contributed by atoms with van der Waals surface area (Å²) >= 11 is 1.52. The van der Waals surface area contributed by atoms with Crippen molar-refractivity contribution in [3.8, 4) is 5.88 Å². The summed E-state index contributed by atoms with van der Waals surface area (Å²) in [7, 11) is 1.49. The summed E-state index contributed by atoms with van der Waals surface area (Å²) in [5.41, 5.74) is 1.21. The molecule has 7 heteroatoms. The second-order valence-electron chi connectivity index (χ2n) is 3.53. The Kier molecular flexibility index (Phi) is 3.83. The van der Waals surface area contributed by atoms with Gasteiger partial charge in [-0.2, -0.15) is 4.98 Å². The lowest BCUT2D eigenvalue weighted by atomic mass is 10.3. The number of aromatic nitrogens is 3. The molecule has 1 N–H and O–H groups in total. The zero-order valence-corrected chi connectivity index (χ0v) is 10.8. The maximum atomic E-state index is 11.8. The van der Waals surface area contributed by atoms with E-state index in [1.165, 1.54) is 31.0 Å². The highest BCUT2D eigenvalue weighted by molar-refractivity contribution is 7.09. The molecule has 0 spiro atoms. The van der Waals surface area contributed by atoms with Crippen LogP contribution >= 0.6 is 11.3 Å². The van der Waals surface area contributed by atoms with E-state index in [0.717, 1.165) is 10.7 Å². The molecular formula is C11H12N4O2S. The monoisotopic (exact) mass is 264 g/mol. The van der Waals surface area contributed by atoms with Crippen LogP contribution in [0.15, 0.2) is 17.9 Å². The van der Waals surface area contributed by atoms with E-state index in [9.17, 15) is 4.79 Å². The van der Waals surface area contributed by atoms with Crippen LogP contribution in [0.3, 0.4) is 0 Å². The van der Waals surface area contributed by atoms with E-state index in [1.807, 2.05) is 12.3 Å². The van der Waals surface area contributed by atoms with Gasteiger partial charge >= 0.3 is 0 Å². The normalized spacial score (nSPS) is 10.1. The van der Waals surface area contributed by atoms with Crippen molar-refractivity contribution in [2.45, 2.75) is 13.3 Å². The van der Waals surface area contributed by atoms with Crippen molar-refractivity contribution < 1.29 is 9.53 Å². The van der Waals surface area contributed by atoms with Crippen molar-refractivity contribution in [2.75, 3.05) is 12.4 Å². The van der Waals surface area contributed by atoms with E-state index < -0.39 is 0 Å². The van der Waals surface area contributed by atoms with Crippen LogP contribution < -0.4 is 10.1 Å². The molecule has 0 saturated heterocycles. The summed E-state index contributed by atoms with van der Waals surface area (Å²) < 4.78 is 5.02. The maximum absolute atomic E-state index is 11.8. The third-order valence-corrected chi connectivity index (χ3v) is 2.97. The van der Waals surface area contributed by atoms with Gasteiger partial charge in [0.2, 0.25) is 11.8 Å². The number of carbonyl (C=O) groups is 1. The summed E-state index contributed by atoms with van der Waals surface area (Å²) in [6.45, 7) is 1.90. The molecule has 0 aliphatic carbocycles. The van der Waals surface area contributed by atoms with Gasteiger partial charge in [-0.15, -0.1) is 11.3 Å². The fourth-order valence-corrected chi connectivity index (χ4v) is 2.03. The quantitative estimate of drug-likeness (QED) is 0.904. The number of rotatable bonds is 4. The number of carbonyl (C=O) groups excluding carboxylic acids is 1. The predicted molar refractivity (Wildman–Crippen MR) is 67.8 cm³/mol. The molecule has 0 aromatic carbocycles.